The van der Waals surface area contributed by atoms with Crippen LogP contribution in [0.5, 0.6) is 0 Å². The van der Waals surface area contributed by atoms with Crippen molar-refractivity contribution in [2.75, 3.05) is 12.3 Å². The first-order valence-corrected chi connectivity index (χ1v) is 6.03. The zero-order valence-electron chi connectivity index (χ0n) is 10.6. The van der Waals surface area contributed by atoms with Gasteiger partial charge in [-0.3, -0.25) is 5.41 Å². The van der Waals surface area contributed by atoms with Crippen LogP contribution in [0.2, 0.25) is 0 Å². The van der Waals surface area contributed by atoms with Crippen molar-refractivity contribution in [3.63, 3.8) is 0 Å². The average Bonchev–Trinajstić information content (AvgIpc) is 2.80. The van der Waals surface area contributed by atoms with Crippen LogP contribution < -0.4 is 11.5 Å². The topological polar surface area (TPSA) is 154 Å². The zero-order valence-corrected chi connectivity index (χ0v) is 10.6. The maximum Gasteiger partial charge on any atom is 0.146 e. The minimum atomic E-state index is -1.05. The van der Waals surface area contributed by atoms with Crippen LogP contribution in [0, 0.1) is 17.2 Å². The van der Waals surface area contributed by atoms with Gasteiger partial charge in [-0.25, -0.2) is 4.98 Å². The molecule has 8 heteroatoms. The van der Waals surface area contributed by atoms with Gasteiger partial charge in [0.2, 0.25) is 0 Å². The molecule has 106 valence electrons. The molecule has 1 fully saturated rings. The summed E-state index contributed by atoms with van der Waals surface area (Å²) in [6.45, 7) is 1.60. The lowest BCUT2D eigenvalue weighted by Crippen LogP contribution is -2.30. The molecule has 5 atom stereocenters. The van der Waals surface area contributed by atoms with Gasteiger partial charge in [-0.1, -0.05) is 6.92 Å². The largest absolute Gasteiger partial charge is 0.396 e. The lowest BCUT2D eigenvalue weighted by Gasteiger charge is -2.23. The summed E-state index contributed by atoms with van der Waals surface area (Å²) in [7, 11) is 0. The fraction of sp³-hybridized carbons (Fsp3) is 0.636. The molecule has 0 aliphatic heterocycles. The monoisotopic (exact) mass is 269 g/mol. The van der Waals surface area contributed by atoms with Gasteiger partial charge in [-0.2, -0.15) is 0 Å². The minimum Gasteiger partial charge on any atom is -0.396 e. The molecule has 1 aromatic heterocycles. The summed E-state index contributed by atoms with van der Waals surface area (Å²) in [5, 5.41) is 36.6. The Bertz CT molecular complexity index is 489. The normalized spacial score (nSPS) is 34.6. The summed E-state index contributed by atoms with van der Waals surface area (Å²) in [6, 6.07) is -0.507. The van der Waals surface area contributed by atoms with Crippen molar-refractivity contribution < 1.29 is 15.3 Å². The number of anilines is 1. The zero-order chi connectivity index (χ0) is 14.3. The van der Waals surface area contributed by atoms with Gasteiger partial charge in [0, 0.05) is 12.5 Å². The first-order valence-electron chi connectivity index (χ1n) is 6.03. The van der Waals surface area contributed by atoms with Gasteiger partial charge in [-0.05, 0) is 5.92 Å². The fourth-order valence-corrected chi connectivity index (χ4v) is 2.84. The number of imidazole rings is 1. The van der Waals surface area contributed by atoms with E-state index < -0.39 is 24.2 Å². The molecule has 0 radical (unpaired) electrons. The molecule has 1 unspecified atom stereocenters. The number of hydrogen-bond donors (Lipinski definition) is 6. The van der Waals surface area contributed by atoms with E-state index in [0.29, 0.717) is 0 Å². The molecule has 1 aromatic rings. The molecule has 19 heavy (non-hydrogen) atoms. The number of nitrogens with two attached hydrogens (primary N) is 2. The van der Waals surface area contributed by atoms with Crippen molar-refractivity contribution in [2.24, 2.45) is 17.6 Å². The number of aliphatic hydroxyl groups is 3. The van der Waals surface area contributed by atoms with E-state index in [9.17, 15) is 15.3 Å². The van der Waals surface area contributed by atoms with Crippen LogP contribution in [-0.2, 0) is 0 Å². The third-order valence-corrected chi connectivity index (χ3v) is 3.97. The number of nitrogen functional groups attached to an aromatic ring is 2. The first-order chi connectivity index (χ1) is 8.90. The fourth-order valence-electron chi connectivity index (χ4n) is 2.84. The number of nitrogens with zero attached hydrogens (tertiary/aromatic N) is 2. The molecule has 2 rings (SSSR count). The Labute approximate surface area is 110 Å². The molecule has 0 saturated heterocycles. The van der Waals surface area contributed by atoms with Crippen LogP contribution in [0.4, 0.5) is 5.82 Å². The van der Waals surface area contributed by atoms with Crippen LogP contribution in [0.3, 0.4) is 0 Å². The predicted molar refractivity (Wildman–Crippen MR) is 68.4 cm³/mol. The molecule has 0 amide bonds. The third kappa shape index (κ3) is 1.97. The van der Waals surface area contributed by atoms with Crippen molar-refractivity contribution in [1.82, 2.24) is 9.55 Å². The Morgan fingerprint density at radius 2 is 2.11 bits per heavy atom. The van der Waals surface area contributed by atoms with Crippen LogP contribution in [0.1, 0.15) is 18.7 Å². The van der Waals surface area contributed by atoms with E-state index in [1.54, 1.807) is 0 Å². The summed E-state index contributed by atoms with van der Waals surface area (Å²) < 4.78 is 1.50. The van der Waals surface area contributed by atoms with E-state index in [4.69, 9.17) is 16.9 Å². The quantitative estimate of drug-likeness (QED) is 0.283. The number of aromatic nitrogens is 2. The van der Waals surface area contributed by atoms with Gasteiger partial charge in [0.15, 0.2) is 0 Å². The lowest BCUT2D eigenvalue weighted by atomic mass is 9.95. The van der Waals surface area contributed by atoms with Crippen molar-refractivity contribution in [2.45, 2.75) is 25.2 Å². The molecule has 0 bridgehead atoms. The number of hydrogen-bond acceptors (Lipinski definition) is 6. The number of rotatable bonds is 3. The second-order valence-electron chi connectivity index (χ2n) is 4.98. The maximum absolute atomic E-state index is 10.1. The Balaban J connectivity index is 2.39. The summed E-state index contributed by atoms with van der Waals surface area (Å²) in [4.78, 5) is 3.94. The van der Waals surface area contributed by atoms with E-state index in [1.807, 2.05) is 6.92 Å². The van der Waals surface area contributed by atoms with Gasteiger partial charge in [0.05, 0.1) is 18.5 Å². The molecule has 1 aliphatic rings. The van der Waals surface area contributed by atoms with Gasteiger partial charge < -0.3 is 31.4 Å². The van der Waals surface area contributed by atoms with E-state index in [2.05, 4.69) is 4.98 Å². The van der Waals surface area contributed by atoms with Crippen molar-refractivity contribution in [3.8, 4) is 0 Å². The SMILES string of the molecule is C[C@H]1C(CO)[C@@H](O)[C@@H](O)[C@@H]1n1cnc(C(=N)N)c1N. The van der Waals surface area contributed by atoms with Crippen molar-refractivity contribution in [3.05, 3.63) is 12.0 Å². The Morgan fingerprint density at radius 1 is 1.47 bits per heavy atom. The summed E-state index contributed by atoms with van der Waals surface area (Å²) in [6.07, 6.45) is -0.681. The molecular weight excluding hydrogens is 250 g/mol. The van der Waals surface area contributed by atoms with Gasteiger partial charge in [0.1, 0.15) is 23.5 Å². The van der Waals surface area contributed by atoms with Crippen LogP contribution in [0.15, 0.2) is 6.33 Å². The number of amidine groups is 1. The van der Waals surface area contributed by atoms with Crippen molar-refractivity contribution >= 4 is 11.7 Å². The maximum atomic E-state index is 10.1. The van der Waals surface area contributed by atoms with E-state index >= 15 is 0 Å². The van der Waals surface area contributed by atoms with Gasteiger partial charge in [0.25, 0.3) is 0 Å². The Morgan fingerprint density at radius 3 is 2.53 bits per heavy atom. The van der Waals surface area contributed by atoms with Gasteiger partial charge >= 0.3 is 0 Å². The van der Waals surface area contributed by atoms with E-state index in [1.165, 1.54) is 10.9 Å². The number of nitrogens with one attached hydrogen (secondary N) is 1. The molecule has 0 spiro atoms. The second-order valence-corrected chi connectivity index (χ2v) is 4.98. The standard InChI is InChI=1S/C11H19N5O3/c1-4-5(2-17)8(18)9(19)7(4)16-3-15-6(10(12)13)11(16)14/h3-5,7-9,17-19H,2,14H2,1H3,(H3,12,13)/t4-,5?,7+,8+,9-/m0/s1. The average molecular weight is 269 g/mol. The van der Waals surface area contributed by atoms with Crippen molar-refractivity contribution in [1.29, 1.82) is 5.41 Å². The van der Waals surface area contributed by atoms with Crippen LogP contribution in [-0.4, -0.2) is 49.5 Å². The lowest BCUT2D eigenvalue weighted by molar-refractivity contribution is -0.00447. The van der Waals surface area contributed by atoms with E-state index in [-0.39, 0.29) is 29.9 Å². The van der Waals surface area contributed by atoms with Gasteiger partial charge in [-0.15, -0.1) is 0 Å². The molecule has 8 N–H and O–H groups in total. The van der Waals surface area contributed by atoms with Crippen LogP contribution in [0.25, 0.3) is 0 Å². The summed E-state index contributed by atoms with van der Waals surface area (Å²) in [5.41, 5.74) is 11.4. The summed E-state index contributed by atoms with van der Waals surface area (Å²) >= 11 is 0. The molecule has 1 saturated carbocycles. The minimum absolute atomic E-state index is 0.154. The van der Waals surface area contributed by atoms with Crippen LogP contribution >= 0.6 is 0 Å². The third-order valence-electron chi connectivity index (χ3n) is 3.97. The molecule has 8 nitrogen and oxygen atoms in total. The molecule has 0 aromatic carbocycles. The highest BCUT2D eigenvalue weighted by Crippen LogP contribution is 2.41. The van der Waals surface area contributed by atoms with E-state index in [0.717, 1.165) is 0 Å². The first kappa shape index (κ1) is 13.8. The highest BCUT2D eigenvalue weighted by molar-refractivity contribution is 5.97. The highest BCUT2D eigenvalue weighted by Gasteiger charge is 2.48. The second kappa shape index (κ2) is 4.80. The number of aliphatic hydroxyl groups excluding tert-OH is 3. The summed E-state index contributed by atoms with van der Waals surface area (Å²) in [5.74, 6) is -0.696. The Kier molecular flexibility index (Phi) is 3.48. The molecule has 1 aliphatic carbocycles. The smallest absolute Gasteiger partial charge is 0.146 e. The highest BCUT2D eigenvalue weighted by atomic mass is 16.3. The predicted octanol–water partition coefficient (Wildman–Crippen LogP) is -1.73. The molecular formula is C11H19N5O3. The Hall–Kier alpha value is -1.64. The molecule has 1 heterocycles.